The van der Waals surface area contributed by atoms with Crippen LogP contribution >= 0.6 is 0 Å². The summed E-state index contributed by atoms with van der Waals surface area (Å²) in [5.41, 5.74) is 1.39. The van der Waals surface area contributed by atoms with Crippen LogP contribution in [0.2, 0.25) is 0 Å². The largest absolute Gasteiger partial charge is 0.383 e. The molecule has 7 nitrogen and oxygen atoms in total. The molecule has 2 aliphatic rings. The molecule has 1 spiro atoms. The minimum absolute atomic E-state index is 0.252. The van der Waals surface area contributed by atoms with E-state index in [9.17, 15) is 8.42 Å². The zero-order valence-electron chi connectivity index (χ0n) is 16.9. The average molecular weight is 409 g/mol. The predicted molar refractivity (Wildman–Crippen MR) is 111 cm³/mol. The van der Waals surface area contributed by atoms with Crippen molar-refractivity contribution in [3.63, 3.8) is 0 Å². The highest BCUT2D eigenvalue weighted by molar-refractivity contribution is 7.89. The molecule has 0 radical (unpaired) electrons. The Kier molecular flexibility index (Phi) is 6.95. The molecule has 3 rings (SSSR count). The van der Waals surface area contributed by atoms with Crippen LogP contribution in [0.1, 0.15) is 38.2 Å². The van der Waals surface area contributed by atoms with Crippen molar-refractivity contribution in [2.45, 2.75) is 44.0 Å². The number of hydrogen-bond acceptors (Lipinski definition) is 4. The minimum Gasteiger partial charge on any atom is -0.383 e. The van der Waals surface area contributed by atoms with Crippen molar-refractivity contribution >= 4 is 16.0 Å². The highest BCUT2D eigenvalue weighted by atomic mass is 32.2. The maximum atomic E-state index is 12.4. The van der Waals surface area contributed by atoms with Gasteiger partial charge in [-0.3, -0.25) is 0 Å². The summed E-state index contributed by atoms with van der Waals surface area (Å²) in [4.78, 5) is 7.40. The number of nitrogens with zero attached hydrogens (tertiary/aromatic N) is 2. The van der Waals surface area contributed by atoms with Gasteiger partial charge in [0.05, 0.1) is 18.0 Å². The van der Waals surface area contributed by atoms with E-state index in [2.05, 4.69) is 21.9 Å². The molecule has 1 aromatic carbocycles. The molecule has 1 saturated carbocycles. The third kappa shape index (κ3) is 5.04. The molecule has 1 aliphatic carbocycles. The van der Waals surface area contributed by atoms with E-state index < -0.39 is 10.0 Å². The van der Waals surface area contributed by atoms with Crippen molar-refractivity contribution in [2.75, 3.05) is 39.9 Å². The smallest absolute Gasteiger partial charge is 0.240 e. The molecule has 0 amide bonds. The summed E-state index contributed by atoms with van der Waals surface area (Å²) in [6, 6.07) is 6.98. The Morgan fingerprint density at radius 2 is 2.14 bits per heavy atom. The van der Waals surface area contributed by atoms with Crippen molar-refractivity contribution in [2.24, 2.45) is 10.4 Å². The van der Waals surface area contributed by atoms with Gasteiger partial charge in [0.2, 0.25) is 10.0 Å². The predicted octanol–water partition coefficient (Wildman–Crippen LogP) is 1.95. The molecule has 1 saturated heterocycles. The minimum atomic E-state index is -3.54. The summed E-state index contributed by atoms with van der Waals surface area (Å²) >= 11 is 0. The summed E-state index contributed by atoms with van der Waals surface area (Å²) in [5.74, 6) is 0.928. The van der Waals surface area contributed by atoms with E-state index in [1.807, 2.05) is 6.07 Å². The summed E-state index contributed by atoms with van der Waals surface area (Å²) < 4.78 is 32.2. The monoisotopic (exact) mass is 408 g/mol. The lowest BCUT2D eigenvalue weighted by Gasteiger charge is -2.38. The Hall–Kier alpha value is -1.64. The van der Waals surface area contributed by atoms with Crippen LogP contribution in [0.15, 0.2) is 34.2 Å². The molecule has 8 heteroatoms. The molecular formula is C20H32N4O3S. The summed E-state index contributed by atoms with van der Waals surface area (Å²) in [6.07, 6.45) is 5.26. The second-order valence-corrected chi connectivity index (χ2v) is 9.50. The molecule has 2 fully saturated rings. The van der Waals surface area contributed by atoms with E-state index in [0.717, 1.165) is 31.2 Å². The van der Waals surface area contributed by atoms with E-state index in [1.165, 1.54) is 25.7 Å². The fraction of sp³-hybridized carbons (Fsp3) is 0.650. The number of aliphatic imine (C=N–C) groups is 1. The molecule has 28 heavy (non-hydrogen) atoms. The van der Waals surface area contributed by atoms with E-state index in [-0.39, 0.29) is 11.4 Å². The molecule has 0 unspecified atom stereocenters. The summed E-state index contributed by atoms with van der Waals surface area (Å²) in [6.45, 7) is 6.06. The van der Waals surface area contributed by atoms with E-state index in [4.69, 9.17) is 9.73 Å². The van der Waals surface area contributed by atoms with E-state index in [0.29, 0.717) is 18.6 Å². The Labute approximate surface area is 168 Å². The van der Waals surface area contributed by atoms with Gasteiger partial charge in [0.15, 0.2) is 5.96 Å². The number of likely N-dealkylation sites (tertiary alicyclic amines) is 1. The fourth-order valence-electron chi connectivity index (χ4n) is 3.97. The Balaban J connectivity index is 1.67. The Morgan fingerprint density at radius 3 is 2.79 bits per heavy atom. The third-order valence-corrected chi connectivity index (χ3v) is 7.16. The molecule has 1 aromatic rings. The standard InChI is InChI=1S/C20H32N4O3S/c1-3-21-19(24-12-10-20(16-24)8-5-9-20)22-15-17-6-4-7-18(14-17)28(25,26)23-11-13-27-2/h4,6-7,14,23H,3,5,8-13,15-16H2,1-2H3,(H,21,22). The van der Waals surface area contributed by atoms with Crippen molar-refractivity contribution in [3.05, 3.63) is 29.8 Å². The first kappa shape index (κ1) is 21.1. The van der Waals surface area contributed by atoms with Gasteiger partial charge in [0.25, 0.3) is 0 Å². The van der Waals surface area contributed by atoms with Crippen molar-refractivity contribution in [1.29, 1.82) is 0 Å². The van der Waals surface area contributed by atoms with Crippen LogP contribution in [0.4, 0.5) is 0 Å². The first-order valence-corrected chi connectivity index (χ1v) is 11.6. The molecular weight excluding hydrogens is 376 g/mol. The lowest BCUT2D eigenvalue weighted by Crippen LogP contribution is -2.42. The molecule has 0 atom stereocenters. The topological polar surface area (TPSA) is 83.0 Å². The van der Waals surface area contributed by atoms with Gasteiger partial charge >= 0.3 is 0 Å². The summed E-state index contributed by atoms with van der Waals surface area (Å²) in [5, 5.41) is 3.39. The third-order valence-electron chi connectivity index (χ3n) is 5.71. The maximum Gasteiger partial charge on any atom is 0.240 e. The highest BCUT2D eigenvalue weighted by Gasteiger charge is 2.43. The van der Waals surface area contributed by atoms with Gasteiger partial charge in [0, 0.05) is 33.3 Å². The Bertz CT molecular complexity index is 790. The quantitative estimate of drug-likeness (QED) is 0.390. The van der Waals surface area contributed by atoms with E-state index >= 15 is 0 Å². The lowest BCUT2D eigenvalue weighted by molar-refractivity contribution is 0.151. The normalized spacial score (nSPS) is 19.1. The molecule has 0 aromatic heterocycles. The number of ether oxygens (including phenoxy) is 1. The SMILES string of the molecule is CCNC(=NCc1cccc(S(=O)(=O)NCCOC)c1)N1CCC2(CCC2)C1. The van der Waals surface area contributed by atoms with Crippen LogP contribution in [-0.4, -0.2) is 59.2 Å². The number of nitrogens with one attached hydrogen (secondary N) is 2. The zero-order chi connectivity index (χ0) is 20.0. The maximum absolute atomic E-state index is 12.4. The second-order valence-electron chi connectivity index (χ2n) is 7.73. The van der Waals surface area contributed by atoms with Crippen LogP contribution < -0.4 is 10.0 Å². The average Bonchev–Trinajstić information content (AvgIpc) is 3.12. The highest BCUT2D eigenvalue weighted by Crippen LogP contribution is 2.47. The second kappa shape index (κ2) is 9.24. The van der Waals surface area contributed by atoms with Crippen LogP contribution in [0.5, 0.6) is 0 Å². The van der Waals surface area contributed by atoms with Gasteiger partial charge in [-0.2, -0.15) is 0 Å². The van der Waals surface area contributed by atoms with Gasteiger partial charge in [-0.25, -0.2) is 18.1 Å². The molecule has 1 aliphatic heterocycles. The molecule has 0 bridgehead atoms. The number of guanidine groups is 1. The lowest BCUT2D eigenvalue weighted by atomic mass is 9.68. The zero-order valence-corrected chi connectivity index (χ0v) is 17.7. The van der Waals surface area contributed by atoms with Crippen molar-refractivity contribution < 1.29 is 13.2 Å². The number of hydrogen-bond donors (Lipinski definition) is 2. The summed E-state index contributed by atoms with van der Waals surface area (Å²) in [7, 11) is -1.99. The van der Waals surface area contributed by atoms with Crippen LogP contribution in [-0.2, 0) is 21.3 Å². The number of methoxy groups -OCH3 is 1. The van der Waals surface area contributed by atoms with Crippen LogP contribution in [0.25, 0.3) is 0 Å². The first-order valence-electron chi connectivity index (χ1n) is 10.1. The molecule has 156 valence electrons. The number of rotatable bonds is 8. The first-order chi connectivity index (χ1) is 13.5. The molecule has 2 N–H and O–H groups in total. The molecule has 1 heterocycles. The van der Waals surface area contributed by atoms with Gasteiger partial charge < -0.3 is 15.0 Å². The van der Waals surface area contributed by atoms with Crippen molar-refractivity contribution in [3.8, 4) is 0 Å². The van der Waals surface area contributed by atoms with Crippen LogP contribution in [0.3, 0.4) is 0 Å². The Morgan fingerprint density at radius 1 is 1.32 bits per heavy atom. The van der Waals surface area contributed by atoms with Gasteiger partial charge in [-0.15, -0.1) is 0 Å². The van der Waals surface area contributed by atoms with Crippen molar-refractivity contribution in [1.82, 2.24) is 14.9 Å². The number of benzene rings is 1. The fourth-order valence-corrected chi connectivity index (χ4v) is 5.05. The van der Waals surface area contributed by atoms with Gasteiger partial charge in [-0.05, 0) is 49.3 Å². The van der Waals surface area contributed by atoms with Gasteiger partial charge in [-0.1, -0.05) is 18.6 Å². The van der Waals surface area contributed by atoms with Crippen LogP contribution in [0, 0.1) is 5.41 Å². The van der Waals surface area contributed by atoms with Gasteiger partial charge in [0.1, 0.15) is 0 Å². The van der Waals surface area contributed by atoms with E-state index in [1.54, 1.807) is 25.3 Å². The number of sulfonamides is 1.